The zero-order chi connectivity index (χ0) is 17.6. The Balaban J connectivity index is 1.63. The van der Waals surface area contributed by atoms with Crippen molar-refractivity contribution in [1.29, 1.82) is 0 Å². The number of fused-ring (bicyclic) bond motifs is 1. The van der Waals surface area contributed by atoms with Gasteiger partial charge in [-0.25, -0.2) is 4.79 Å². The summed E-state index contributed by atoms with van der Waals surface area (Å²) in [7, 11) is -2.60. The van der Waals surface area contributed by atoms with Crippen molar-refractivity contribution in [2.24, 2.45) is 0 Å². The molecule has 0 saturated carbocycles. The van der Waals surface area contributed by atoms with Crippen molar-refractivity contribution < 1.29 is 19.0 Å². The summed E-state index contributed by atoms with van der Waals surface area (Å²) in [5, 5.41) is 3.44. The van der Waals surface area contributed by atoms with E-state index in [1.165, 1.54) is 0 Å². The van der Waals surface area contributed by atoms with Gasteiger partial charge in [0.2, 0.25) is 0 Å². The molecule has 2 unspecified atom stereocenters. The number of benzene rings is 2. The molecule has 3 N–H and O–H groups in total. The van der Waals surface area contributed by atoms with Gasteiger partial charge in [-0.3, -0.25) is 5.32 Å². The molecule has 7 heteroatoms. The second kappa shape index (κ2) is 7.92. The average molecular weight is 357 g/mol. The molecular formula is C18H18N2O4P+. The van der Waals surface area contributed by atoms with Crippen molar-refractivity contribution in [2.75, 3.05) is 0 Å². The molecule has 0 fully saturated rings. The van der Waals surface area contributed by atoms with Gasteiger partial charge in [-0.1, -0.05) is 48.5 Å². The topological polar surface area (TPSA) is 91.4 Å². The molecule has 3 rings (SSSR count). The van der Waals surface area contributed by atoms with Crippen LogP contribution in [0.5, 0.6) is 0 Å². The minimum Gasteiger partial charge on any atom is -0.445 e. The molecule has 0 aliphatic heterocycles. The fourth-order valence-electron chi connectivity index (χ4n) is 2.59. The van der Waals surface area contributed by atoms with E-state index in [4.69, 9.17) is 4.74 Å². The summed E-state index contributed by atoms with van der Waals surface area (Å²) < 4.78 is 16.8. The molecule has 0 saturated heterocycles. The number of H-pyrrole nitrogens is 1. The number of carbonyl (C=O) groups excluding carboxylic acids is 1. The molecule has 3 aromatic rings. The fourth-order valence-corrected chi connectivity index (χ4v) is 3.16. The van der Waals surface area contributed by atoms with Crippen molar-refractivity contribution in [3.63, 3.8) is 0 Å². The molecule has 1 aromatic heterocycles. The van der Waals surface area contributed by atoms with Crippen LogP contribution in [0.4, 0.5) is 4.79 Å². The Morgan fingerprint density at radius 1 is 1.16 bits per heavy atom. The van der Waals surface area contributed by atoms with E-state index in [2.05, 4.69) is 10.3 Å². The lowest BCUT2D eigenvalue weighted by atomic mass is 10.1. The van der Waals surface area contributed by atoms with Gasteiger partial charge in [0, 0.05) is 23.5 Å². The van der Waals surface area contributed by atoms with Gasteiger partial charge in [0.1, 0.15) is 6.61 Å². The summed E-state index contributed by atoms with van der Waals surface area (Å²) in [6.07, 6.45) is 1.30. The Labute approximate surface area is 145 Å². The molecule has 1 heterocycles. The highest BCUT2D eigenvalue weighted by Gasteiger charge is 2.32. The fraction of sp³-hybridized carbons (Fsp3) is 0.167. The van der Waals surface area contributed by atoms with Crippen LogP contribution in [-0.2, 0) is 22.3 Å². The highest BCUT2D eigenvalue weighted by Crippen LogP contribution is 2.27. The van der Waals surface area contributed by atoms with Crippen molar-refractivity contribution in [2.45, 2.75) is 18.8 Å². The first-order valence-electron chi connectivity index (χ1n) is 7.81. The highest BCUT2D eigenvalue weighted by molar-refractivity contribution is 7.38. The predicted octanol–water partition coefficient (Wildman–Crippen LogP) is 3.70. The maximum Gasteiger partial charge on any atom is 0.531 e. The number of aromatic nitrogens is 1. The summed E-state index contributed by atoms with van der Waals surface area (Å²) in [6.45, 7) is 0.106. The summed E-state index contributed by atoms with van der Waals surface area (Å²) in [5.74, 6) is -0.919. The Bertz CT molecular complexity index is 879. The molecule has 2 aromatic carbocycles. The maximum atomic E-state index is 11.9. The van der Waals surface area contributed by atoms with Gasteiger partial charge < -0.3 is 9.72 Å². The number of hydrogen-bond acceptors (Lipinski definition) is 3. The Morgan fingerprint density at radius 2 is 1.88 bits per heavy atom. The molecule has 1 amide bonds. The van der Waals surface area contributed by atoms with Crippen molar-refractivity contribution >= 4 is 25.0 Å². The molecule has 0 radical (unpaired) electrons. The first-order valence-corrected chi connectivity index (χ1v) is 9.09. The van der Waals surface area contributed by atoms with E-state index in [9.17, 15) is 14.3 Å². The Kier molecular flexibility index (Phi) is 5.43. The molecular weight excluding hydrogens is 339 g/mol. The van der Waals surface area contributed by atoms with E-state index in [1.54, 1.807) is 6.20 Å². The molecule has 0 aliphatic carbocycles. The van der Waals surface area contributed by atoms with Crippen LogP contribution in [0.2, 0.25) is 0 Å². The van der Waals surface area contributed by atoms with Gasteiger partial charge in [-0.15, -0.1) is 0 Å². The van der Waals surface area contributed by atoms with Crippen molar-refractivity contribution in [3.05, 3.63) is 71.9 Å². The quantitative estimate of drug-likeness (QED) is 0.587. The Morgan fingerprint density at radius 3 is 2.64 bits per heavy atom. The third kappa shape index (κ3) is 4.44. The number of para-hydroxylation sites is 1. The van der Waals surface area contributed by atoms with E-state index in [0.29, 0.717) is 0 Å². The molecule has 25 heavy (non-hydrogen) atoms. The van der Waals surface area contributed by atoms with Crippen LogP contribution >= 0.6 is 8.03 Å². The van der Waals surface area contributed by atoms with Gasteiger partial charge in [0.25, 0.3) is 5.78 Å². The van der Waals surface area contributed by atoms with Crippen LogP contribution in [0.1, 0.15) is 11.1 Å². The number of amides is 1. The lowest BCUT2D eigenvalue weighted by Crippen LogP contribution is -2.34. The molecule has 128 valence electrons. The summed E-state index contributed by atoms with van der Waals surface area (Å²) in [5.41, 5.74) is 2.65. The zero-order valence-electron chi connectivity index (χ0n) is 13.4. The highest BCUT2D eigenvalue weighted by atomic mass is 31.1. The van der Waals surface area contributed by atoms with Gasteiger partial charge in [-0.2, -0.15) is 4.89 Å². The van der Waals surface area contributed by atoms with Crippen LogP contribution in [-0.4, -0.2) is 21.8 Å². The number of carbonyl (C=O) groups is 1. The van der Waals surface area contributed by atoms with Gasteiger partial charge >= 0.3 is 14.1 Å². The lowest BCUT2D eigenvalue weighted by Gasteiger charge is -2.09. The van der Waals surface area contributed by atoms with E-state index < -0.39 is 19.9 Å². The number of alkyl carbamates (subject to hydrolysis) is 1. The van der Waals surface area contributed by atoms with E-state index in [0.717, 1.165) is 22.0 Å². The number of aromatic amines is 1. The van der Waals surface area contributed by atoms with E-state index >= 15 is 0 Å². The minimum absolute atomic E-state index is 0.106. The van der Waals surface area contributed by atoms with Crippen molar-refractivity contribution in [1.82, 2.24) is 10.3 Å². The Hall–Kier alpha value is -2.69. The van der Waals surface area contributed by atoms with E-state index in [1.807, 2.05) is 54.6 Å². The summed E-state index contributed by atoms with van der Waals surface area (Å²) in [4.78, 5) is 24.6. The van der Waals surface area contributed by atoms with Gasteiger partial charge in [0.15, 0.2) is 0 Å². The maximum absolute atomic E-state index is 11.9. The SMILES string of the molecule is O=C(NC(Cc1c[nH]c2ccccc12)[P+](=O)O)OCc1ccccc1. The molecule has 0 aliphatic rings. The summed E-state index contributed by atoms with van der Waals surface area (Å²) >= 11 is 0. The predicted molar refractivity (Wildman–Crippen MR) is 95.4 cm³/mol. The van der Waals surface area contributed by atoms with Gasteiger partial charge in [-0.05, 0) is 21.8 Å². The van der Waals surface area contributed by atoms with Crippen LogP contribution in [0, 0.1) is 0 Å². The first-order chi connectivity index (χ1) is 12.1. The van der Waals surface area contributed by atoms with Gasteiger partial charge in [0.05, 0.1) is 0 Å². The second-order valence-corrected chi connectivity index (χ2v) is 6.82. The van der Waals surface area contributed by atoms with Crippen molar-refractivity contribution in [3.8, 4) is 0 Å². The lowest BCUT2D eigenvalue weighted by molar-refractivity contribution is 0.138. The van der Waals surface area contributed by atoms with Crippen LogP contribution < -0.4 is 5.32 Å². The van der Waals surface area contributed by atoms with E-state index in [-0.39, 0.29) is 13.0 Å². The zero-order valence-corrected chi connectivity index (χ0v) is 14.3. The molecule has 6 nitrogen and oxygen atoms in total. The normalized spacial score (nSPS) is 12.6. The third-order valence-electron chi connectivity index (χ3n) is 3.85. The van der Waals surface area contributed by atoms with Crippen LogP contribution in [0.15, 0.2) is 60.8 Å². The van der Waals surface area contributed by atoms with Crippen LogP contribution in [0.3, 0.4) is 0 Å². The number of rotatable bonds is 6. The minimum atomic E-state index is -2.60. The third-order valence-corrected chi connectivity index (χ3v) is 4.70. The number of hydrogen-bond donors (Lipinski definition) is 3. The largest absolute Gasteiger partial charge is 0.531 e. The molecule has 0 bridgehead atoms. The summed E-state index contributed by atoms with van der Waals surface area (Å²) in [6, 6.07) is 16.9. The monoisotopic (exact) mass is 357 g/mol. The number of nitrogens with one attached hydrogen (secondary N) is 2. The molecule has 2 atom stereocenters. The smallest absolute Gasteiger partial charge is 0.445 e. The standard InChI is InChI=1S/C18H17N2O4P/c21-18(24-12-13-6-2-1-3-7-13)20-17(25(22)23)10-14-11-19-16-9-5-4-8-15(14)16/h1-9,11,17,19H,10,12H2,(H-,20,21,22,23)/p+1. The molecule has 0 spiro atoms. The second-order valence-electron chi connectivity index (χ2n) is 5.59. The first kappa shape index (κ1) is 17.1. The average Bonchev–Trinajstić information content (AvgIpc) is 3.03. The van der Waals surface area contributed by atoms with Crippen LogP contribution in [0.25, 0.3) is 10.9 Å². The number of ether oxygens (including phenoxy) is 1.